The Morgan fingerprint density at radius 3 is 2.42 bits per heavy atom. The maximum absolute atomic E-state index is 12.5. The minimum Gasteiger partial charge on any atom is -0.508 e. The van der Waals surface area contributed by atoms with Gasteiger partial charge in [-0.05, 0) is 51.1 Å². The number of piperidine rings is 1. The van der Waals surface area contributed by atoms with Gasteiger partial charge in [0.05, 0.1) is 0 Å². The quantitative estimate of drug-likeness (QED) is 0.830. The van der Waals surface area contributed by atoms with Gasteiger partial charge < -0.3 is 15.3 Å². The van der Waals surface area contributed by atoms with E-state index in [0.717, 1.165) is 19.4 Å². The molecule has 0 radical (unpaired) electrons. The van der Waals surface area contributed by atoms with Gasteiger partial charge in [-0.1, -0.05) is 24.3 Å². The second kappa shape index (κ2) is 7.70. The summed E-state index contributed by atoms with van der Waals surface area (Å²) < 4.78 is 0. The van der Waals surface area contributed by atoms with Crippen LogP contribution in [-0.2, 0) is 0 Å². The number of aromatic hydroxyl groups is 1. The van der Waals surface area contributed by atoms with Gasteiger partial charge >= 0.3 is 0 Å². The number of hydrogen-bond acceptors (Lipinski definition) is 4. The molecule has 26 heavy (non-hydrogen) atoms. The fraction of sp³-hybridized carbons (Fsp3) is 0.333. The van der Waals surface area contributed by atoms with E-state index in [0.29, 0.717) is 22.7 Å². The van der Waals surface area contributed by atoms with Crippen LogP contribution in [0.1, 0.15) is 46.0 Å². The molecule has 2 aromatic carbocycles. The zero-order valence-corrected chi connectivity index (χ0v) is 15.1. The van der Waals surface area contributed by atoms with E-state index >= 15 is 0 Å². The van der Waals surface area contributed by atoms with Crippen molar-refractivity contribution in [3.63, 3.8) is 0 Å². The highest BCUT2D eigenvalue weighted by atomic mass is 16.3. The lowest BCUT2D eigenvalue weighted by molar-refractivity contribution is 0.0895. The van der Waals surface area contributed by atoms with Gasteiger partial charge in [0.25, 0.3) is 5.91 Å². The van der Waals surface area contributed by atoms with Crippen LogP contribution < -0.4 is 5.32 Å². The third kappa shape index (κ3) is 4.11. The van der Waals surface area contributed by atoms with Gasteiger partial charge in [-0.15, -0.1) is 0 Å². The molecule has 0 spiro atoms. The third-order valence-corrected chi connectivity index (χ3v) is 5.06. The average Bonchev–Trinajstić information content (AvgIpc) is 2.64. The normalized spacial score (nSPS) is 20.5. The lowest BCUT2D eigenvalue weighted by Crippen LogP contribution is -2.47. The molecule has 1 saturated heterocycles. The van der Waals surface area contributed by atoms with E-state index in [4.69, 9.17) is 0 Å². The molecule has 2 unspecified atom stereocenters. The highest BCUT2D eigenvalue weighted by Gasteiger charge is 2.24. The standard InChI is InChI=1S/C21H24N2O3/c1-14-12-18(10-11-23(14)2)22-21(26)16-8-6-15(7-9-16)20(25)17-4-3-5-19(24)13-17/h3-9,13-14,18,24H,10-12H2,1-2H3,(H,22,26). The number of phenolic OH excluding ortho intramolecular Hbond substituents is 1. The van der Waals surface area contributed by atoms with E-state index in [1.165, 1.54) is 12.1 Å². The van der Waals surface area contributed by atoms with E-state index in [1.54, 1.807) is 36.4 Å². The molecule has 0 aliphatic carbocycles. The molecule has 2 atom stereocenters. The Morgan fingerprint density at radius 1 is 1.08 bits per heavy atom. The van der Waals surface area contributed by atoms with Crippen LogP contribution in [0.3, 0.4) is 0 Å². The van der Waals surface area contributed by atoms with Crippen LogP contribution in [0.4, 0.5) is 0 Å². The van der Waals surface area contributed by atoms with E-state index < -0.39 is 0 Å². The fourth-order valence-corrected chi connectivity index (χ4v) is 3.28. The largest absolute Gasteiger partial charge is 0.508 e. The predicted octanol–water partition coefficient (Wildman–Crippen LogP) is 2.84. The van der Waals surface area contributed by atoms with E-state index in [-0.39, 0.29) is 23.5 Å². The molecular weight excluding hydrogens is 328 g/mol. The van der Waals surface area contributed by atoms with Crippen LogP contribution in [0.2, 0.25) is 0 Å². The molecular formula is C21H24N2O3. The Labute approximate surface area is 153 Å². The summed E-state index contributed by atoms with van der Waals surface area (Å²) in [6.45, 7) is 3.14. The second-order valence-electron chi connectivity index (χ2n) is 6.98. The number of ketones is 1. The molecule has 136 valence electrons. The van der Waals surface area contributed by atoms with Crippen LogP contribution in [0, 0.1) is 0 Å². The molecule has 2 aromatic rings. The van der Waals surface area contributed by atoms with Gasteiger partial charge in [-0.2, -0.15) is 0 Å². The van der Waals surface area contributed by atoms with Crippen molar-refractivity contribution in [1.29, 1.82) is 0 Å². The molecule has 1 aliphatic rings. The first-order valence-electron chi connectivity index (χ1n) is 8.89. The van der Waals surface area contributed by atoms with Crippen molar-refractivity contribution in [3.05, 3.63) is 65.2 Å². The Balaban J connectivity index is 1.65. The number of carbonyl (C=O) groups is 2. The van der Waals surface area contributed by atoms with Crippen LogP contribution in [0.25, 0.3) is 0 Å². The summed E-state index contributed by atoms with van der Waals surface area (Å²) in [4.78, 5) is 27.2. The molecule has 0 aromatic heterocycles. The van der Waals surface area contributed by atoms with Crippen LogP contribution >= 0.6 is 0 Å². The van der Waals surface area contributed by atoms with Crippen LogP contribution in [0.5, 0.6) is 5.75 Å². The van der Waals surface area contributed by atoms with Crippen LogP contribution in [0.15, 0.2) is 48.5 Å². The van der Waals surface area contributed by atoms with Crippen molar-refractivity contribution in [2.45, 2.75) is 31.8 Å². The second-order valence-corrected chi connectivity index (χ2v) is 6.98. The van der Waals surface area contributed by atoms with Gasteiger partial charge in [0.15, 0.2) is 5.78 Å². The lowest BCUT2D eigenvalue weighted by atomic mass is 9.98. The summed E-state index contributed by atoms with van der Waals surface area (Å²) >= 11 is 0. The van der Waals surface area contributed by atoms with E-state index in [1.807, 2.05) is 0 Å². The third-order valence-electron chi connectivity index (χ3n) is 5.06. The molecule has 2 N–H and O–H groups in total. The first kappa shape index (κ1) is 18.1. The van der Waals surface area contributed by atoms with Crippen molar-refractivity contribution in [2.24, 2.45) is 0 Å². The molecule has 5 nitrogen and oxygen atoms in total. The number of rotatable bonds is 4. The smallest absolute Gasteiger partial charge is 0.251 e. The number of likely N-dealkylation sites (tertiary alicyclic amines) is 1. The molecule has 1 fully saturated rings. The van der Waals surface area contributed by atoms with Crippen molar-refractivity contribution >= 4 is 11.7 Å². The first-order valence-corrected chi connectivity index (χ1v) is 8.89. The number of nitrogens with one attached hydrogen (secondary N) is 1. The van der Waals surface area contributed by atoms with Crippen molar-refractivity contribution in [3.8, 4) is 5.75 Å². The molecule has 0 saturated carbocycles. The summed E-state index contributed by atoms with van der Waals surface area (Å²) in [5, 5.41) is 12.6. The molecule has 1 amide bonds. The Kier molecular flexibility index (Phi) is 5.38. The fourth-order valence-electron chi connectivity index (χ4n) is 3.28. The van der Waals surface area contributed by atoms with Crippen molar-refractivity contribution in [2.75, 3.05) is 13.6 Å². The van der Waals surface area contributed by atoms with Gasteiger partial charge in [0, 0.05) is 35.3 Å². The predicted molar refractivity (Wildman–Crippen MR) is 101 cm³/mol. The minimum absolute atomic E-state index is 0.0548. The molecule has 1 heterocycles. The van der Waals surface area contributed by atoms with E-state index in [2.05, 4.69) is 24.2 Å². The Bertz CT molecular complexity index is 801. The lowest BCUT2D eigenvalue weighted by Gasteiger charge is -2.35. The van der Waals surface area contributed by atoms with Gasteiger partial charge in [0.2, 0.25) is 0 Å². The minimum atomic E-state index is -0.183. The number of amides is 1. The Morgan fingerprint density at radius 2 is 1.77 bits per heavy atom. The van der Waals surface area contributed by atoms with Gasteiger partial charge in [-0.25, -0.2) is 0 Å². The SMILES string of the molecule is CC1CC(NC(=O)c2ccc(C(=O)c3cccc(O)c3)cc2)CCN1C. The summed E-state index contributed by atoms with van der Waals surface area (Å²) in [7, 11) is 2.10. The number of carbonyl (C=O) groups excluding carboxylic acids is 2. The zero-order valence-electron chi connectivity index (χ0n) is 15.1. The summed E-state index contributed by atoms with van der Waals surface area (Å²) in [5.41, 5.74) is 1.45. The highest BCUT2D eigenvalue weighted by Crippen LogP contribution is 2.18. The zero-order chi connectivity index (χ0) is 18.7. The topological polar surface area (TPSA) is 69.6 Å². The maximum atomic E-state index is 12.5. The van der Waals surface area contributed by atoms with Gasteiger partial charge in [-0.3, -0.25) is 9.59 Å². The summed E-state index contributed by atoms with van der Waals surface area (Å²) in [5.74, 6) is -0.237. The molecule has 5 heteroatoms. The van der Waals surface area contributed by atoms with E-state index in [9.17, 15) is 14.7 Å². The van der Waals surface area contributed by atoms with Crippen LogP contribution in [-0.4, -0.2) is 47.4 Å². The number of hydrogen-bond donors (Lipinski definition) is 2. The number of nitrogens with zero attached hydrogens (tertiary/aromatic N) is 1. The van der Waals surface area contributed by atoms with Gasteiger partial charge in [0.1, 0.15) is 5.75 Å². The van der Waals surface area contributed by atoms with Crippen molar-refractivity contribution < 1.29 is 14.7 Å². The van der Waals surface area contributed by atoms with Crippen molar-refractivity contribution in [1.82, 2.24) is 10.2 Å². The molecule has 0 bridgehead atoms. The molecule has 1 aliphatic heterocycles. The summed E-state index contributed by atoms with van der Waals surface area (Å²) in [6, 6.07) is 13.5. The first-order chi connectivity index (χ1) is 12.4. The molecule has 3 rings (SSSR count). The average molecular weight is 352 g/mol. The number of phenols is 1. The maximum Gasteiger partial charge on any atom is 0.251 e. The Hall–Kier alpha value is -2.66. The highest BCUT2D eigenvalue weighted by molar-refractivity contribution is 6.09. The monoisotopic (exact) mass is 352 g/mol. The number of benzene rings is 2. The summed E-state index contributed by atoms with van der Waals surface area (Å²) in [6.07, 6.45) is 1.89.